The fourth-order valence-corrected chi connectivity index (χ4v) is 9.02. The van der Waals surface area contributed by atoms with Gasteiger partial charge < -0.3 is 29.7 Å². The van der Waals surface area contributed by atoms with Gasteiger partial charge in [0.05, 0.1) is 49.4 Å². The van der Waals surface area contributed by atoms with Crippen molar-refractivity contribution in [3.05, 3.63) is 0 Å². The molecule has 2 aliphatic carbocycles. The minimum Gasteiger partial charge on any atom is -0.390 e. The van der Waals surface area contributed by atoms with Gasteiger partial charge in [-0.05, 0) is 63.3 Å². The van der Waals surface area contributed by atoms with Crippen LogP contribution in [0.1, 0.15) is 64.7 Å². The molecule has 6 rings (SSSR count). The lowest BCUT2D eigenvalue weighted by atomic mass is 9.73. The van der Waals surface area contributed by atoms with Gasteiger partial charge in [-0.2, -0.15) is 0 Å². The van der Waals surface area contributed by atoms with Gasteiger partial charge in [0.1, 0.15) is 0 Å². The smallest absolute Gasteiger partial charge is 0.223 e. The Balaban J connectivity index is 0.939. The van der Waals surface area contributed by atoms with Crippen LogP contribution in [-0.2, 0) is 19.1 Å². The number of halogens is 1. The van der Waals surface area contributed by atoms with E-state index in [2.05, 4.69) is 31.1 Å². The van der Waals surface area contributed by atoms with E-state index in [1.54, 1.807) is 0 Å². The summed E-state index contributed by atoms with van der Waals surface area (Å²) in [5.41, 5.74) is 0. The van der Waals surface area contributed by atoms with Crippen LogP contribution in [0.25, 0.3) is 0 Å². The maximum Gasteiger partial charge on any atom is 0.223 e. The molecule has 0 aromatic rings. The summed E-state index contributed by atoms with van der Waals surface area (Å²) < 4.78 is 11.8. The van der Waals surface area contributed by atoms with Crippen molar-refractivity contribution in [3.8, 4) is 0 Å². The zero-order chi connectivity index (χ0) is 32.0. The molecule has 13 heteroatoms. The van der Waals surface area contributed by atoms with E-state index in [9.17, 15) is 14.7 Å². The number of nitrogens with zero attached hydrogens (tertiary/aromatic N) is 3. The average Bonchev–Trinajstić information content (AvgIpc) is 3.58. The third-order valence-corrected chi connectivity index (χ3v) is 12.1. The Kier molecular flexibility index (Phi) is 12.5. The number of nitrogens with one attached hydrogen (secondary N) is 4. The number of alkyl halides is 1. The Morgan fingerprint density at radius 3 is 2.63 bits per heavy atom. The molecule has 46 heavy (non-hydrogen) atoms. The van der Waals surface area contributed by atoms with E-state index in [0.29, 0.717) is 44.2 Å². The summed E-state index contributed by atoms with van der Waals surface area (Å²) in [5.74, 6) is 1.06. The average molecular weight is 668 g/mol. The van der Waals surface area contributed by atoms with Gasteiger partial charge in [0.15, 0.2) is 0 Å². The van der Waals surface area contributed by atoms with Crippen LogP contribution in [0.5, 0.6) is 0 Å². The standard InChI is InChI=1S/C33H58ClN7O5/c1-2-31(43)41-12-10-40(11-13-41)30-15-23(14-29(38-30)37-24-4-3-5-24)33(44)36-16-25(42)19-39-9-8-27-22(18-39)6-7-28(32(27)34)45-20-26-17-35-21-46-26/h22-30,32,35,37-38,42H,2-21H2,1H3,(H,36,44)/t22?,23?,25-,26?,27?,28?,29?,30?,32?/m0/s1. The van der Waals surface area contributed by atoms with Gasteiger partial charge in [-0.25, -0.2) is 0 Å². The van der Waals surface area contributed by atoms with Crippen molar-refractivity contribution < 1.29 is 24.2 Å². The molecule has 0 radical (unpaired) electrons. The lowest BCUT2D eigenvalue weighted by molar-refractivity contribution is -0.133. The molecular weight excluding hydrogens is 610 g/mol. The number of aliphatic hydroxyl groups excluding tert-OH is 1. The highest BCUT2D eigenvalue weighted by atomic mass is 35.5. The number of amides is 2. The summed E-state index contributed by atoms with van der Waals surface area (Å²) in [6.45, 7) is 9.70. The lowest BCUT2D eigenvalue weighted by Gasteiger charge is -2.46. The Hall–Kier alpha value is -1.09. The zero-order valence-corrected chi connectivity index (χ0v) is 28.5. The van der Waals surface area contributed by atoms with E-state index >= 15 is 0 Å². The Morgan fingerprint density at radius 2 is 1.91 bits per heavy atom. The molecule has 8 unspecified atom stereocenters. The molecule has 2 amide bonds. The van der Waals surface area contributed by atoms with Gasteiger partial charge in [0.25, 0.3) is 0 Å². The first-order chi connectivity index (χ1) is 22.4. The van der Waals surface area contributed by atoms with Crippen LogP contribution in [0.15, 0.2) is 0 Å². The molecule has 0 bridgehead atoms. The van der Waals surface area contributed by atoms with Crippen LogP contribution >= 0.6 is 11.6 Å². The number of carbonyl (C=O) groups excluding carboxylic acids is 2. The molecule has 6 aliphatic rings. The molecule has 4 heterocycles. The van der Waals surface area contributed by atoms with E-state index in [4.69, 9.17) is 21.1 Å². The molecule has 4 saturated heterocycles. The van der Waals surface area contributed by atoms with Crippen LogP contribution in [-0.4, -0.2) is 146 Å². The fourth-order valence-electron chi connectivity index (χ4n) is 8.49. The third-order valence-electron chi connectivity index (χ3n) is 11.5. The first-order valence-electron chi connectivity index (χ1n) is 18.2. The molecular formula is C33H58ClN7O5. The number of β-amino-alcohol motifs (C(OH)–C–C–N with tert-alkyl or cyclic N) is 1. The Morgan fingerprint density at radius 1 is 1.09 bits per heavy atom. The molecule has 12 nitrogen and oxygen atoms in total. The second-order valence-corrected chi connectivity index (χ2v) is 15.1. The van der Waals surface area contributed by atoms with Crippen LogP contribution in [0.3, 0.4) is 0 Å². The number of hydrogen-bond donors (Lipinski definition) is 5. The van der Waals surface area contributed by atoms with Crippen molar-refractivity contribution in [1.82, 2.24) is 36.0 Å². The minimum absolute atomic E-state index is 0.0126. The number of fused-ring (bicyclic) bond motifs is 1. The van der Waals surface area contributed by atoms with Crippen LogP contribution < -0.4 is 21.3 Å². The van der Waals surface area contributed by atoms with Gasteiger partial charge in [-0.1, -0.05) is 13.3 Å². The zero-order valence-electron chi connectivity index (χ0n) is 27.7. The lowest BCUT2D eigenvalue weighted by Crippen LogP contribution is -2.64. The Labute approximate surface area is 280 Å². The predicted molar refractivity (Wildman–Crippen MR) is 176 cm³/mol. The topological polar surface area (TPSA) is 131 Å². The summed E-state index contributed by atoms with van der Waals surface area (Å²) in [6.07, 6.45) is 8.47. The molecule has 6 fully saturated rings. The van der Waals surface area contributed by atoms with Crippen molar-refractivity contribution in [2.45, 2.75) is 107 Å². The maximum atomic E-state index is 13.5. The Bertz CT molecular complexity index is 995. The van der Waals surface area contributed by atoms with Crippen molar-refractivity contribution in [1.29, 1.82) is 0 Å². The number of rotatable bonds is 12. The number of piperidine rings is 2. The summed E-state index contributed by atoms with van der Waals surface area (Å²) in [5, 5.41) is 24.8. The molecule has 262 valence electrons. The molecule has 9 atom stereocenters. The second kappa shape index (κ2) is 16.5. The monoisotopic (exact) mass is 667 g/mol. The number of carbonyl (C=O) groups is 2. The van der Waals surface area contributed by atoms with Gasteiger partial charge >= 0.3 is 0 Å². The molecule has 4 aliphatic heterocycles. The van der Waals surface area contributed by atoms with Crippen molar-refractivity contribution >= 4 is 23.4 Å². The first kappa shape index (κ1) is 34.8. The number of aliphatic hydroxyl groups is 1. The maximum absolute atomic E-state index is 13.5. The molecule has 2 saturated carbocycles. The quantitative estimate of drug-likeness (QED) is 0.188. The second-order valence-electron chi connectivity index (χ2n) is 14.6. The van der Waals surface area contributed by atoms with E-state index in [0.717, 1.165) is 77.9 Å². The number of likely N-dealkylation sites (tertiary alicyclic amines) is 1. The van der Waals surface area contributed by atoms with Gasteiger partial charge in [0, 0.05) is 70.7 Å². The van der Waals surface area contributed by atoms with Crippen LogP contribution in [0.2, 0.25) is 0 Å². The highest BCUT2D eigenvalue weighted by Crippen LogP contribution is 2.40. The molecule has 0 spiro atoms. The van der Waals surface area contributed by atoms with E-state index in [1.165, 1.54) is 19.3 Å². The van der Waals surface area contributed by atoms with Gasteiger partial charge in [-0.15, -0.1) is 11.6 Å². The van der Waals surface area contributed by atoms with Crippen LogP contribution in [0.4, 0.5) is 0 Å². The number of hydrogen-bond acceptors (Lipinski definition) is 10. The van der Waals surface area contributed by atoms with Crippen molar-refractivity contribution in [3.63, 3.8) is 0 Å². The summed E-state index contributed by atoms with van der Waals surface area (Å²) >= 11 is 6.96. The number of piperazine rings is 1. The van der Waals surface area contributed by atoms with Crippen LogP contribution in [0, 0.1) is 17.8 Å². The summed E-state index contributed by atoms with van der Waals surface area (Å²) in [4.78, 5) is 32.4. The summed E-state index contributed by atoms with van der Waals surface area (Å²) in [6, 6.07) is 0.519. The van der Waals surface area contributed by atoms with E-state index < -0.39 is 6.10 Å². The SMILES string of the molecule is CCC(=O)N1CCN(C2CC(C(=O)NC[C@H](O)CN3CCC4C(CCC(OCC5CNCO5)C4Cl)C3)CC(NC3CCC3)N2)CC1. The van der Waals surface area contributed by atoms with Gasteiger partial charge in [0.2, 0.25) is 11.8 Å². The van der Waals surface area contributed by atoms with Crippen molar-refractivity contribution in [2.75, 3.05) is 72.2 Å². The van der Waals surface area contributed by atoms with E-state index in [1.807, 2.05) is 11.8 Å². The first-order valence-corrected chi connectivity index (χ1v) is 18.6. The molecule has 0 aromatic carbocycles. The van der Waals surface area contributed by atoms with Gasteiger partial charge in [-0.3, -0.25) is 30.4 Å². The summed E-state index contributed by atoms with van der Waals surface area (Å²) in [7, 11) is 0. The van der Waals surface area contributed by atoms with E-state index in [-0.39, 0.29) is 54.2 Å². The number of ether oxygens (including phenoxy) is 2. The molecule has 0 aromatic heterocycles. The third kappa shape index (κ3) is 8.92. The normalized spacial score (nSPS) is 37.0. The highest BCUT2D eigenvalue weighted by molar-refractivity contribution is 6.21. The van der Waals surface area contributed by atoms with Crippen molar-refractivity contribution in [2.24, 2.45) is 17.8 Å². The molecule has 5 N–H and O–H groups in total. The predicted octanol–water partition coefficient (Wildman–Crippen LogP) is 0.482. The largest absolute Gasteiger partial charge is 0.390 e. The highest BCUT2D eigenvalue weighted by Gasteiger charge is 2.42. The minimum atomic E-state index is -0.613. The fraction of sp³-hybridized carbons (Fsp3) is 0.939.